The largest absolute Gasteiger partial charge is 0.484 e. The van der Waals surface area contributed by atoms with Gasteiger partial charge in [0.2, 0.25) is 0 Å². The van der Waals surface area contributed by atoms with Gasteiger partial charge in [-0.05, 0) is 36.2 Å². The van der Waals surface area contributed by atoms with E-state index < -0.39 is 5.63 Å². The average Bonchev–Trinajstić information content (AvgIpc) is 2.77. The first-order valence-electron chi connectivity index (χ1n) is 9.66. The molecule has 1 aromatic heterocycles. The molecule has 0 aliphatic carbocycles. The fourth-order valence-corrected chi connectivity index (χ4v) is 3.25. The third-order valence-electron chi connectivity index (χ3n) is 4.81. The van der Waals surface area contributed by atoms with Crippen molar-refractivity contribution in [2.45, 2.75) is 13.0 Å². The zero-order chi connectivity index (χ0) is 20.9. The van der Waals surface area contributed by atoms with Crippen molar-refractivity contribution in [1.82, 2.24) is 5.32 Å². The van der Waals surface area contributed by atoms with Gasteiger partial charge in [-0.1, -0.05) is 60.2 Å². The summed E-state index contributed by atoms with van der Waals surface area (Å²) in [6.45, 7) is 1.87. The van der Waals surface area contributed by atoms with Crippen LogP contribution < -0.4 is 15.7 Å². The maximum absolute atomic E-state index is 12.6. The van der Waals surface area contributed by atoms with Gasteiger partial charge >= 0.3 is 5.63 Å². The molecule has 4 rings (SSSR count). The Hall–Kier alpha value is -3.86. The summed E-state index contributed by atoms with van der Waals surface area (Å²) >= 11 is 0. The number of amides is 1. The highest BCUT2D eigenvalue weighted by Crippen LogP contribution is 2.23. The van der Waals surface area contributed by atoms with Crippen molar-refractivity contribution in [3.05, 3.63) is 112 Å². The van der Waals surface area contributed by atoms with E-state index in [0.717, 1.165) is 22.1 Å². The van der Waals surface area contributed by atoms with Crippen LogP contribution in [-0.4, -0.2) is 12.5 Å². The van der Waals surface area contributed by atoms with Crippen LogP contribution in [0.1, 0.15) is 22.7 Å². The molecule has 5 heteroatoms. The molecule has 1 amide bonds. The van der Waals surface area contributed by atoms with Crippen molar-refractivity contribution in [2.75, 3.05) is 6.61 Å². The lowest BCUT2D eigenvalue weighted by molar-refractivity contribution is -0.123. The van der Waals surface area contributed by atoms with E-state index >= 15 is 0 Å². The van der Waals surface area contributed by atoms with Gasteiger partial charge in [0.15, 0.2) is 6.61 Å². The molecule has 0 spiro atoms. The zero-order valence-electron chi connectivity index (χ0n) is 16.5. The van der Waals surface area contributed by atoms with E-state index in [-0.39, 0.29) is 18.6 Å². The molecule has 0 saturated heterocycles. The van der Waals surface area contributed by atoms with E-state index in [1.165, 1.54) is 6.07 Å². The average molecular weight is 399 g/mol. The molecule has 5 nitrogen and oxygen atoms in total. The number of carbonyl (C=O) groups excluding carboxylic acids is 1. The number of rotatable bonds is 6. The second-order valence-electron chi connectivity index (χ2n) is 7.06. The molecule has 0 aliphatic rings. The molecular weight excluding hydrogens is 378 g/mol. The van der Waals surface area contributed by atoms with Crippen LogP contribution in [0.15, 0.2) is 94.1 Å². The minimum absolute atomic E-state index is 0.155. The molecule has 0 saturated carbocycles. The molecule has 1 atom stereocenters. The van der Waals surface area contributed by atoms with Crippen LogP contribution in [0.3, 0.4) is 0 Å². The van der Waals surface area contributed by atoms with Crippen LogP contribution in [0, 0.1) is 6.92 Å². The van der Waals surface area contributed by atoms with Crippen LogP contribution in [0.2, 0.25) is 0 Å². The second-order valence-corrected chi connectivity index (χ2v) is 7.06. The van der Waals surface area contributed by atoms with Crippen LogP contribution >= 0.6 is 0 Å². The first kappa shape index (κ1) is 19.5. The molecule has 30 heavy (non-hydrogen) atoms. The second kappa shape index (κ2) is 8.66. The lowest BCUT2D eigenvalue weighted by Gasteiger charge is -2.20. The normalized spacial score (nSPS) is 11.8. The first-order chi connectivity index (χ1) is 14.6. The molecule has 1 unspecified atom stereocenters. The van der Waals surface area contributed by atoms with Crippen molar-refractivity contribution in [3.63, 3.8) is 0 Å². The standard InChI is InChI=1S/C25H21NO4/c1-17-7-9-20(10-8-17)25(19-5-3-2-4-6-19)26-23(27)16-29-21-13-11-18-12-14-24(28)30-22(18)15-21/h2-15,25H,16H2,1H3,(H,26,27). The Bertz CT molecular complexity index is 1210. The Morgan fingerprint density at radius 1 is 0.933 bits per heavy atom. The number of nitrogens with one attached hydrogen (secondary N) is 1. The Morgan fingerprint density at radius 3 is 2.40 bits per heavy atom. The smallest absolute Gasteiger partial charge is 0.336 e. The zero-order valence-corrected chi connectivity index (χ0v) is 16.5. The molecule has 0 aliphatic heterocycles. The highest BCUT2D eigenvalue weighted by atomic mass is 16.5. The van der Waals surface area contributed by atoms with Crippen molar-refractivity contribution in [2.24, 2.45) is 0 Å². The molecule has 4 aromatic rings. The lowest BCUT2D eigenvalue weighted by Crippen LogP contribution is -2.33. The summed E-state index contributed by atoms with van der Waals surface area (Å²) < 4.78 is 10.8. The molecule has 1 heterocycles. The van der Waals surface area contributed by atoms with Gasteiger partial charge in [0.25, 0.3) is 5.91 Å². The summed E-state index contributed by atoms with van der Waals surface area (Å²) in [7, 11) is 0. The number of hydrogen-bond donors (Lipinski definition) is 1. The summed E-state index contributed by atoms with van der Waals surface area (Å²) in [5.41, 5.74) is 3.13. The minimum Gasteiger partial charge on any atom is -0.484 e. The van der Waals surface area contributed by atoms with Gasteiger partial charge in [-0.3, -0.25) is 4.79 Å². The van der Waals surface area contributed by atoms with E-state index in [0.29, 0.717) is 11.3 Å². The van der Waals surface area contributed by atoms with Crippen LogP contribution in [0.5, 0.6) is 5.75 Å². The number of fused-ring (bicyclic) bond motifs is 1. The van der Waals surface area contributed by atoms with Crippen molar-refractivity contribution in [1.29, 1.82) is 0 Å². The molecule has 1 N–H and O–H groups in total. The van der Waals surface area contributed by atoms with E-state index in [1.807, 2.05) is 61.5 Å². The third-order valence-corrected chi connectivity index (χ3v) is 4.81. The van der Waals surface area contributed by atoms with Gasteiger partial charge in [-0.15, -0.1) is 0 Å². The molecule has 150 valence electrons. The predicted molar refractivity (Wildman–Crippen MR) is 116 cm³/mol. The Labute approximate surface area is 173 Å². The van der Waals surface area contributed by atoms with Gasteiger partial charge in [-0.2, -0.15) is 0 Å². The topological polar surface area (TPSA) is 68.5 Å². The minimum atomic E-state index is -0.429. The number of aryl methyl sites for hydroxylation is 1. The number of ether oxygens (including phenoxy) is 1. The highest BCUT2D eigenvalue weighted by Gasteiger charge is 2.17. The lowest BCUT2D eigenvalue weighted by atomic mass is 9.98. The highest BCUT2D eigenvalue weighted by molar-refractivity contribution is 5.80. The van der Waals surface area contributed by atoms with Crippen LogP contribution in [0.4, 0.5) is 0 Å². The summed E-state index contributed by atoms with van der Waals surface area (Å²) in [5.74, 6) is 0.206. The Morgan fingerprint density at radius 2 is 1.63 bits per heavy atom. The summed E-state index contributed by atoms with van der Waals surface area (Å²) in [5, 5.41) is 3.84. The first-order valence-corrected chi connectivity index (χ1v) is 9.66. The van der Waals surface area contributed by atoms with Crippen molar-refractivity contribution in [3.8, 4) is 5.75 Å². The number of hydrogen-bond acceptors (Lipinski definition) is 4. The van der Waals surface area contributed by atoms with Gasteiger partial charge in [0, 0.05) is 17.5 Å². The van der Waals surface area contributed by atoms with Crippen molar-refractivity contribution < 1.29 is 13.9 Å². The Balaban J connectivity index is 1.49. The third kappa shape index (κ3) is 4.58. The summed E-state index contributed by atoms with van der Waals surface area (Å²) in [6, 6.07) is 25.8. The molecule has 0 bridgehead atoms. The van der Waals surface area contributed by atoms with Gasteiger partial charge in [0.05, 0.1) is 6.04 Å². The molecule has 0 fully saturated rings. The quantitative estimate of drug-likeness (QED) is 0.489. The Kier molecular flexibility index (Phi) is 5.61. The van der Waals surface area contributed by atoms with E-state index in [1.54, 1.807) is 24.3 Å². The molecule has 0 radical (unpaired) electrons. The summed E-state index contributed by atoms with van der Waals surface area (Å²) in [4.78, 5) is 24.0. The van der Waals surface area contributed by atoms with E-state index in [4.69, 9.17) is 9.15 Å². The van der Waals surface area contributed by atoms with Gasteiger partial charge in [0.1, 0.15) is 11.3 Å². The fraction of sp³-hybridized carbons (Fsp3) is 0.120. The fourth-order valence-electron chi connectivity index (χ4n) is 3.25. The molecule has 3 aromatic carbocycles. The monoisotopic (exact) mass is 399 g/mol. The van der Waals surface area contributed by atoms with Gasteiger partial charge in [-0.25, -0.2) is 4.79 Å². The summed E-state index contributed by atoms with van der Waals surface area (Å²) in [6.07, 6.45) is 0. The maximum atomic E-state index is 12.6. The predicted octanol–water partition coefficient (Wildman–Crippen LogP) is 4.39. The SMILES string of the molecule is Cc1ccc(C(NC(=O)COc2ccc3ccc(=O)oc3c2)c2ccccc2)cc1. The number of carbonyl (C=O) groups is 1. The van der Waals surface area contributed by atoms with Crippen molar-refractivity contribution >= 4 is 16.9 Å². The number of benzene rings is 3. The van der Waals surface area contributed by atoms with Crippen LogP contribution in [-0.2, 0) is 4.79 Å². The van der Waals surface area contributed by atoms with Gasteiger partial charge < -0.3 is 14.5 Å². The molecular formula is C25H21NO4. The van der Waals surface area contributed by atoms with E-state index in [9.17, 15) is 9.59 Å². The van der Waals surface area contributed by atoms with E-state index in [2.05, 4.69) is 5.32 Å². The maximum Gasteiger partial charge on any atom is 0.336 e. The van der Waals surface area contributed by atoms with Crippen LogP contribution in [0.25, 0.3) is 11.0 Å².